The highest BCUT2D eigenvalue weighted by Crippen LogP contribution is 2.28. The van der Waals surface area contributed by atoms with E-state index in [0.29, 0.717) is 26.0 Å². The minimum Gasteiger partial charge on any atom is -0.375 e. The van der Waals surface area contributed by atoms with Crippen LogP contribution in [0, 0.1) is 5.92 Å². The standard InChI is InChI=1S/C15H32FNO3S/c1-7-13(12-20-14(8-2)11-16)10-15(4,5)17(9-3)21(6,18)19/h13-14H,7-12H2,1-6H3/t13-,14?/m0/s1. The van der Waals surface area contributed by atoms with Crippen molar-refractivity contribution in [3.05, 3.63) is 0 Å². The summed E-state index contributed by atoms with van der Waals surface area (Å²) in [6.45, 7) is 10.1. The summed E-state index contributed by atoms with van der Waals surface area (Å²) in [6.07, 6.45) is 3.13. The molecular formula is C15H32FNO3S. The molecule has 0 N–H and O–H groups in total. The Morgan fingerprint density at radius 2 is 1.76 bits per heavy atom. The zero-order chi connectivity index (χ0) is 16.7. The van der Waals surface area contributed by atoms with Crippen molar-refractivity contribution in [2.45, 2.75) is 65.5 Å². The van der Waals surface area contributed by atoms with Gasteiger partial charge < -0.3 is 4.74 Å². The van der Waals surface area contributed by atoms with Crippen LogP contribution in [-0.4, -0.2) is 50.4 Å². The molecule has 128 valence electrons. The fourth-order valence-corrected chi connectivity index (χ4v) is 4.23. The van der Waals surface area contributed by atoms with Crippen molar-refractivity contribution < 1.29 is 17.5 Å². The van der Waals surface area contributed by atoms with E-state index in [1.165, 1.54) is 10.6 Å². The Labute approximate surface area is 130 Å². The second-order valence-corrected chi connectivity index (χ2v) is 8.14. The lowest BCUT2D eigenvalue weighted by atomic mass is 9.89. The van der Waals surface area contributed by atoms with Gasteiger partial charge >= 0.3 is 0 Å². The predicted octanol–water partition coefficient (Wildman–Crippen LogP) is 3.23. The fraction of sp³-hybridized carbons (Fsp3) is 1.00. The van der Waals surface area contributed by atoms with Gasteiger partial charge in [-0.1, -0.05) is 27.2 Å². The topological polar surface area (TPSA) is 46.6 Å². The van der Waals surface area contributed by atoms with Gasteiger partial charge in [0.15, 0.2) is 0 Å². The maximum atomic E-state index is 12.7. The number of halogens is 1. The van der Waals surface area contributed by atoms with Gasteiger partial charge in [-0.3, -0.25) is 0 Å². The highest BCUT2D eigenvalue weighted by Gasteiger charge is 2.34. The largest absolute Gasteiger partial charge is 0.375 e. The lowest BCUT2D eigenvalue weighted by Gasteiger charge is -2.38. The molecule has 4 nitrogen and oxygen atoms in total. The smallest absolute Gasteiger partial charge is 0.211 e. The summed E-state index contributed by atoms with van der Waals surface area (Å²) in [5, 5.41) is 0. The maximum absolute atomic E-state index is 12.7. The molecule has 1 unspecified atom stereocenters. The van der Waals surface area contributed by atoms with Crippen molar-refractivity contribution in [2.75, 3.05) is 26.1 Å². The van der Waals surface area contributed by atoms with Crippen LogP contribution in [-0.2, 0) is 14.8 Å². The van der Waals surface area contributed by atoms with Crippen molar-refractivity contribution in [2.24, 2.45) is 5.92 Å². The SMILES string of the molecule is CCC(CF)OC[C@@H](CC)CC(C)(C)N(CC)S(C)(=O)=O. The fourth-order valence-electron chi connectivity index (χ4n) is 2.78. The van der Waals surface area contributed by atoms with Gasteiger partial charge in [0, 0.05) is 18.7 Å². The number of nitrogens with zero attached hydrogens (tertiary/aromatic N) is 1. The molecule has 2 atom stereocenters. The quantitative estimate of drug-likeness (QED) is 0.586. The first-order chi connectivity index (χ1) is 9.62. The van der Waals surface area contributed by atoms with Gasteiger partial charge in [-0.15, -0.1) is 0 Å². The van der Waals surface area contributed by atoms with Crippen molar-refractivity contribution >= 4 is 10.0 Å². The normalized spacial score (nSPS) is 16.2. The van der Waals surface area contributed by atoms with Gasteiger partial charge in [0.1, 0.15) is 6.67 Å². The number of ether oxygens (including phenoxy) is 1. The van der Waals surface area contributed by atoms with E-state index in [1.54, 1.807) is 0 Å². The summed E-state index contributed by atoms with van der Waals surface area (Å²) in [4.78, 5) is 0. The van der Waals surface area contributed by atoms with E-state index >= 15 is 0 Å². The van der Waals surface area contributed by atoms with Gasteiger partial charge in [-0.25, -0.2) is 12.8 Å². The lowest BCUT2D eigenvalue weighted by molar-refractivity contribution is 0.00242. The van der Waals surface area contributed by atoms with E-state index < -0.39 is 22.2 Å². The van der Waals surface area contributed by atoms with Crippen LogP contribution >= 0.6 is 0 Å². The molecule has 0 aromatic rings. The predicted molar refractivity (Wildman–Crippen MR) is 85.7 cm³/mol. The monoisotopic (exact) mass is 325 g/mol. The second kappa shape index (κ2) is 9.06. The summed E-state index contributed by atoms with van der Waals surface area (Å²) < 4.78 is 43.6. The van der Waals surface area contributed by atoms with Crippen molar-refractivity contribution in [1.29, 1.82) is 0 Å². The molecule has 0 rings (SSSR count). The number of rotatable bonds is 11. The third kappa shape index (κ3) is 7.06. The molecule has 0 aliphatic carbocycles. The summed E-state index contributed by atoms with van der Waals surface area (Å²) in [6, 6.07) is 0. The summed E-state index contributed by atoms with van der Waals surface area (Å²) in [5.74, 6) is 0.219. The molecule has 0 aromatic carbocycles. The first-order valence-corrected chi connectivity index (χ1v) is 9.62. The van der Waals surface area contributed by atoms with Crippen LogP contribution in [0.25, 0.3) is 0 Å². The average molecular weight is 325 g/mol. The van der Waals surface area contributed by atoms with Crippen LogP contribution in [0.1, 0.15) is 53.9 Å². The number of hydrogen-bond donors (Lipinski definition) is 0. The molecule has 0 radical (unpaired) electrons. The molecule has 0 saturated carbocycles. The molecule has 6 heteroatoms. The molecule has 21 heavy (non-hydrogen) atoms. The van der Waals surface area contributed by atoms with Gasteiger partial charge in [0.25, 0.3) is 0 Å². The first-order valence-electron chi connectivity index (χ1n) is 7.77. The molecule has 0 bridgehead atoms. The number of alkyl halides is 1. The Morgan fingerprint density at radius 3 is 2.10 bits per heavy atom. The van der Waals surface area contributed by atoms with Crippen LogP contribution in [0.2, 0.25) is 0 Å². The highest BCUT2D eigenvalue weighted by molar-refractivity contribution is 7.88. The van der Waals surface area contributed by atoms with Gasteiger partial charge in [0.2, 0.25) is 10.0 Å². The van der Waals surface area contributed by atoms with E-state index in [9.17, 15) is 12.8 Å². The van der Waals surface area contributed by atoms with Crippen LogP contribution in [0.15, 0.2) is 0 Å². The number of sulfonamides is 1. The van der Waals surface area contributed by atoms with Gasteiger partial charge in [-0.05, 0) is 32.6 Å². The minimum atomic E-state index is -3.23. The van der Waals surface area contributed by atoms with Crippen LogP contribution in [0.4, 0.5) is 4.39 Å². The zero-order valence-electron chi connectivity index (χ0n) is 14.4. The van der Waals surface area contributed by atoms with E-state index in [0.717, 1.165) is 6.42 Å². The Hall–Kier alpha value is -0.200. The molecular weight excluding hydrogens is 293 g/mol. The van der Waals surface area contributed by atoms with Crippen molar-refractivity contribution in [3.63, 3.8) is 0 Å². The van der Waals surface area contributed by atoms with E-state index in [1.807, 2.05) is 27.7 Å². The Kier molecular flexibility index (Phi) is 8.97. The Bertz CT molecular complexity index is 380. The van der Waals surface area contributed by atoms with Crippen LogP contribution in [0.3, 0.4) is 0 Å². The van der Waals surface area contributed by atoms with E-state index in [2.05, 4.69) is 6.92 Å². The second-order valence-electron chi connectivity index (χ2n) is 6.24. The average Bonchev–Trinajstić information content (AvgIpc) is 2.36. The molecule has 0 spiro atoms. The number of hydrogen-bond acceptors (Lipinski definition) is 3. The Morgan fingerprint density at radius 1 is 1.19 bits per heavy atom. The molecule has 0 aliphatic heterocycles. The summed E-state index contributed by atoms with van der Waals surface area (Å²) in [5.41, 5.74) is -0.468. The molecule has 0 aliphatic rings. The zero-order valence-corrected chi connectivity index (χ0v) is 15.2. The third-order valence-electron chi connectivity index (χ3n) is 3.92. The van der Waals surface area contributed by atoms with Gasteiger partial charge in [0.05, 0.1) is 12.4 Å². The highest BCUT2D eigenvalue weighted by atomic mass is 32.2. The van der Waals surface area contributed by atoms with E-state index in [4.69, 9.17) is 4.74 Å². The van der Waals surface area contributed by atoms with Crippen molar-refractivity contribution in [3.8, 4) is 0 Å². The van der Waals surface area contributed by atoms with Crippen LogP contribution < -0.4 is 0 Å². The lowest BCUT2D eigenvalue weighted by Crippen LogP contribution is -2.48. The molecule has 0 amide bonds. The minimum absolute atomic E-state index is 0.219. The molecule has 0 saturated heterocycles. The Balaban J connectivity index is 4.78. The maximum Gasteiger partial charge on any atom is 0.211 e. The molecule has 0 fully saturated rings. The molecule has 0 heterocycles. The van der Waals surface area contributed by atoms with Crippen LogP contribution in [0.5, 0.6) is 0 Å². The van der Waals surface area contributed by atoms with E-state index in [-0.39, 0.29) is 12.0 Å². The summed E-state index contributed by atoms with van der Waals surface area (Å²) in [7, 11) is -3.23. The molecule has 0 aromatic heterocycles. The van der Waals surface area contributed by atoms with Gasteiger partial charge in [-0.2, -0.15) is 4.31 Å². The third-order valence-corrected chi connectivity index (χ3v) is 5.48. The first kappa shape index (κ1) is 20.8. The summed E-state index contributed by atoms with van der Waals surface area (Å²) >= 11 is 0. The van der Waals surface area contributed by atoms with Crippen molar-refractivity contribution in [1.82, 2.24) is 4.31 Å².